The van der Waals surface area contributed by atoms with E-state index in [1.54, 1.807) is 18.2 Å². The number of hydrogen-bond acceptors (Lipinski definition) is 2. The number of carbonyl (C=O) groups excluding carboxylic acids is 2. The molecule has 0 aliphatic carbocycles. The fourth-order valence-electron chi connectivity index (χ4n) is 1.03. The number of carbonyl (C=O) groups is 2. The van der Waals surface area contributed by atoms with Crippen molar-refractivity contribution in [3.8, 4) is 0 Å². The third kappa shape index (κ3) is 2.67. The molecule has 0 spiro atoms. The molecule has 0 saturated heterocycles. The molecule has 1 rings (SSSR count). The second-order valence-corrected chi connectivity index (χ2v) is 3.79. The van der Waals surface area contributed by atoms with Crippen LogP contribution in [0.15, 0.2) is 22.7 Å². The molecule has 0 aromatic heterocycles. The highest BCUT2D eigenvalue weighted by molar-refractivity contribution is 9.10. The van der Waals surface area contributed by atoms with E-state index in [0.717, 1.165) is 4.47 Å². The monoisotopic (exact) mass is 255 g/mol. The van der Waals surface area contributed by atoms with Gasteiger partial charge in [-0.3, -0.25) is 9.59 Å². The Bertz CT molecular complexity index is 388. The fraction of sp³-hybridized carbons (Fsp3) is 0.200. The Balaban J connectivity index is 3.08. The highest BCUT2D eigenvalue weighted by atomic mass is 79.9. The normalized spacial score (nSPS) is 9.64. The molecule has 3 nitrogen and oxygen atoms in total. The lowest BCUT2D eigenvalue weighted by Crippen LogP contribution is -2.07. The SMILES string of the molecule is CC(=O)Nc1cc(C(C)=O)ccc1Br. The van der Waals surface area contributed by atoms with Crippen LogP contribution in [0, 0.1) is 0 Å². The maximum Gasteiger partial charge on any atom is 0.221 e. The molecule has 74 valence electrons. The minimum Gasteiger partial charge on any atom is -0.325 e. The molecule has 0 bridgehead atoms. The van der Waals surface area contributed by atoms with Crippen LogP contribution in [-0.4, -0.2) is 11.7 Å². The topological polar surface area (TPSA) is 46.2 Å². The summed E-state index contributed by atoms with van der Waals surface area (Å²) in [5.74, 6) is -0.185. The van der Waals surface area contributed by atoms with E-state index in [-0.39, 0.29) is 11.7 Å². The first kappa shape index (κ1) is 10.9. The second kappa shape index (κ2) is 4.37. The quantitative estimate of drug-likeness (QED) is 0.826. The average Bonchev–Trinajstić information content (AvgIpc) is 2.07. The number of Topliss-reactive ketones (excluding diaryl/α,β-unsaturated/α-hetero) is 1. The van der Waals surface area contributed by atoms with Crippen molar-refractivity contribution < 1.29 is 9.59 Å². The largest absolute Gasteiger partial charge is 0.325 e. The van der Waals surface area contributed by atoms with Gasteiger partial charge >= 0.3 is 0 Å². The Morgan fingerprint density at radius 1 is 1.29 bits per heavy atom. The number of benzene rings is 1. The van der Waals surface area contributed by atoms with Gasteiger partial charge in [0.2, 0.25) is 5.91 Å². The van der Waals surface area contributed by atoms with Gasteiger partial charge in [-0.05, 0) is 35.0 Å². The summed E-state index contributed by atoms with van der Waals surface area (Å²) in [6, 6.07) is 5.09. The molecule has 4 heteroatoms. The lowest BCUT2D eigenvalue weighted by molar-refractivity contribution is -0.114. The molecule has 0 aliphatic heterocycles. The Morgan fingerprint density at radius 3 is 2.43 bits per heavy atom. The van der Waals surface area contributed by atoms with Gasteiger partial charge in [-0.2, -0.15) is 0 Å². The minimum absolute atomic E-state index is 0.0240. The first-order valence-corrected chi connectivity index (χ1v) is 4.88. The zero-order valence-corrected chi connectivity index (χ0v) is 9.51. The van der Waals surface area contributed by atoms with E-state index >= 15 is 0 Å². The molecule has 0 heterocycles. The van der Waals surface area contributed by atoms with Gasteiger partial charge < -0.3 is 5.32 Å². The first-order chi connectivity index (χ1) is 6.50. The van der Waals surface area contributed by atoms with Crippen molar-refractivity contribution in [2.75, 3.05) is 5.32 Å². The van der Waals surface area contributed by atoms with E-state index in [4.69, 9.17) is 0 Å². The first-order valence-electron chi connectivity index (χ1n) is 4.09. The van der Waals surface area contributed by atoms with Crippen LogP contribution in [0.4, 0.5) is 5.69 Å². The summed E-state index contributed by atoms with van der Waals surface area (Å²) in [6.45, 7) is 2.91. The zero-order chi connectivity index (χ0) is 10.7. The van der Waals surface area contributed by atoms with Crippen molar-refractivity contribution in [3.05, 3.63) is 28.2 Å². The molecule has 0 radical (unpaired) electrons. The van der Waals surface area contributed by atoms with Crippen molar-refractivity contribution in [3.63, 3.8) is 0 Å². The second-order valence-electron chi connectivity index (χ2n) is 2.93. The van der Waals surface area contributed by atoms with E-state index in [9.17, 15) is 9.59 Å². The highest BCUT2D eigenvalue weighted by Gasteiger charge is 2.05. The van der Waals surface area contributed by atoms with Crippen molar-refractivity contribution in [2.45, 2.75) is 13.8 Å². The molecular formula is C10H10BrNO2. The van der Waals surface area contributed by atoms with Gasteiger partial charge in [0.15, 0.2) is 5.78 Å². The molecule has 1 aromatic carbocycles. The molecule has 1 amide bonds. The van der Waals surface area contributed by atoms with E-state index < -0.39 is 0 Å². The van der Waals surface area contributed by atoms with E-state index in [2.05, 4.69) is 21.2 Å². The molecule has 1 N–H and O–H groups in total. The van der Waals surface area contributed by atoms with Gasteiger partial charge in [0.1, 0.15) is 0 Å². The fourth-order valence-corrected chi connectivity index (χ4v) is 1.38. The van der Waals surface area contributed by atoms with Gasteiger partial charge in [-0.15, -0.1) is 0 Å². The predicted octanol–water partition coefficient (Wildman–Crippen LogP) is 2.61. The third-order valence-corrected chi connectivity index (χ3v) is 2.38. The third-order valence-electron chi connectivity index (χ3n) is 1.68. The average molecular weight is 256 g/mol. The molecule has 1 aromatic rings. The molecule has 0 atom stereocenters. The number of hydrogen-bond donors (Lipinski definition) is 1. The lowest BCUT2D eigenvalue weighted by Gasteiger charge is -2.06. The van der Waals surface area contributed by atoms with E-state index in [1.807, 2.05) is 0 Å². The number of halogens is 1. The van der Waals surface area contributed by atoms with Gasteiger partial charge in [-0.1, -0.05) is 6.07 Å². The smallest absolute Gasteiger partial charge is 0.221 e. The van der Waals surface area contributed by atoms with Crippen molar-refractivity contribution in [1.29, 1.82) is 0 Å². The van der Waals surface area contributed by atoms with Crippen LogP contribution < -0.4 is 5.32 Å². The molecular weight excluding hydrogens is 246 g/mol. The van der Waals surface area contributed by atoms with Crippen LogP contribution in [0.25, 0.3) is 0 Å². The summed E-state index contributed by atoms with van der Waals surface area (Å²) in [6.07, 6.45) is 0. The van der Waals surface area contributed by atoms with Gasteiger partial charge in [-0.25, -0.2) is 0 Å². The zero-order valence-electron chi connectivity index (χ0n) is 7.93. The Kier molecular flexibility index (Phi) is 3.41. The van der Waals surface area contributed by atoms with Crippen LogP contribution >= 0.6 is 15.9 Å². The van der Waals surface area contributed by atoms with Crippen molar-refractivity contribution in [1.82, 2.24) is 0 Å². The highest BCUT2D eigenvalue weighted by Crippen LogP contribution is 2.23. The van der Waals surface area contributed by atoms with Gasteiger partial charge in [0, 0.05) is 17.0 Å². The summed E-state index contributed by atoms with van der Waals surface area (Å²) < 4.78 is 0.762. The van der Waals surface area contributed by atoms with Crippen LogP contribution in [0.1, 0.15) is 24.2 Å². The summed E-state index contributed by atoms with van der Waals surface area (Å²) >= 11 is 3.28. The van der Waals surface area contributed by atoms with Crippen LogP contribution in [-0.2, 0) is 4.79 Å². The lowest BCUT2D eigenvalue weighted by atomic mass is 10.1. The summed E-state index contributed by atoms with van der Waals surface area (Å²) in [7, 11) is 0. The van der Waals surface area contributed by atoms with E-state index in [1.165, 1.54) is 13.8 Å². The molecule has 0 aliphatic rings. The molecule has 0 unspecified atom stereocenters. The summed E-state index contributed by atoms with van der Waals surface area (Å²) in [4.78, 5) is 21.9. The predicted molar refractivity (Wildman–Crippen MR) is 58.5 cm³/mol. The maximum absolute atomic E-state index is 11.1. The number of rotatable bonds is 2. The maximum atomic E-state index is 11.1. The number of anilines is 1. The molecule has 14 heavy (non-hydrogen) atoms. The number of nitrogens with one attached hydrogen (secondary N) is 1. The summed E-state index contributed by atoms with van der Waals surface area (Å²) in [5.41, 5.74) is 1.20. The summed E-state index contributed by atoms with van der Waals surface area (Å²) in [5, 5.41) is 2.63. The van der Waals surface area contributed by atoms with Crippen molar-refractivity contribution in [2.24, 2.45) is 0 Å². The number of amides is 1. The van der Waals surface area contributed by atoms with Crippen LogP contribution in [0.5, 0.6) is 0 Å². The molecule has 0 fully saturated rings. The van der Waals surface area contributed by atoms with E-state index in [0.29, 0.717) is 11.3 Å². The standard InChI is InChI=1S/C10H10BrNO2/c1-6(13)8-3-4-9(11)10(5-8)12-7(2)14/h3-5H,1-2H3,(H,12,14). The van der Waals surface area contributed by atoms with Crippen molar-refractivity contribution >= 4 is 33.3 Å². The Hall–Kier alpha value is -1.16. The minimum atomic E-state index is -0.161. The van der Waals surface area contributed by atoms with Gasteiger partial charge in [0.05, 0.1) is 5.69 Å². The molecule has 0 saturated carbocycles. The number of ketones is 1. The van der Waals surface area contributed by atoms with Crippen LogP contribution in [0.3, 0.4) is 0 Å². The van der Waals surface area contributed by atoms with Crippen LogP contribution in [0.2, 0.25) is 0 Å². The Morgan fingerprint density at radius 2 is 1.93 bits per heavy atom. The Labute approximate surface area is 90.6 Å². The van der Waals surface area contributed by atoms with Gasteiger partial charge in [0.25, 0.3) is 0 Å².